The molecule has 33 heavy (non-hydrogen) atoms. The van der Waals surface area contributed by atoms with Crippen LogP contribution < -0.4 is 5.32 Å². The highest BCUT2D eigenvalue weighted by Crippen LogP contribution is 2.24. The zero-order valence-corrected chi connectivity index (χ0v) is 20.5. The number of carbonyl (C=O) groups excluding carboxylic acids is 2. The number of benzene rings is 3. The first-order valence-corrected chi connectivity index (χ1v) is 11.8. The summed E-state index contributed by atoms with van der Waals surface area (Å²) in [6.07, 6.45) is 0.405. The number of likely N-dealkylation sites (N-methyl/N-ethyl adjacent to an activating group) is 1. The maximum Gasteiger partial charge on any atom is 0.243 e. The Hall–Kier alpha value is -2.53. The van der Waals surface area contributed by atoms with Crippen LogP contribution in [0.15, 0.2) is 72.8 Å². The zero-order chi connectivity index (χ0) is 23.8. The maximum atomic E-state index is 13.6. The Labute approximate surface area is 209 Å². The molecule has 0 aliphatic heterocycles. The number of nitrogens with zero attached hydrogens (tertiary/aromatic N) is 1. The molecule has 0 saturated heterocycles. The first-order chi connectivity index (χ1) is 15.9. The second-order valence-corrected chi connectivity index (χ2v) is 8.88. The number of nitrogens with one attached hydrogen (secondary N) is 1. The lowest BCUT2D eigenvalue weighted by Gasteiger charge is -2.32. The van der Waals surface area contributed by atoms with Crippen LogP contribution in [0.1, 0.15) is 23.6 Å². The number of hydrogen-bond donors (Lipinski definition) is 1. The lowest BCUT2D eigenvalue weighted by molar-refractivity contribution is -0.140. The van der Waals surface area contributed by atoms with Gasteiger partial charge in [-0.3, -0.25) is 9.59 Å². The standard InChI is InChI=1S/C26H25Cl3N2O2/c1-2-30-26(33)24(14-18-8-4-3-5-9-18)31(17-20-10-6-7-11-22(20)28)25(32)15-19-12-13-21(27)16-23(19)29/h3-13,16,24H,2,14-15,17H2,1H3,(H,30,33)/t24-/m1/s1. The SMILES string of the molecule is CCNC(=O)[C@@H](Cc1ccccc1)N(Cc1ccccc1Cl)C(=O)Cc1ccc(Cl)cc1Cl. The summed E-state index contributed by atoms with van der Waals surface area (Å²) in [4.78, 5) is 28.4. The van der Waals surface area contributed by atoms with Gasteiger partial charge in [0.2, 0.25) is 11.8 Å². The van der Waals surface area contributed by atoms with E-state index >= 15 is 0 Å². The Kier molecular flexibility index (Phi) is 9.19. The first kappa shape index (κ1) is 25.1. The molecule has 0 radical (unpaired) electrons. The lowest BCUT2D eigenvalue weighted by Crippen LogP contribution is -2.51. The van der Waals surface area contributed by atoms with E-state index < -0.39 is 6.04 Å². The van der Waals surface area contributed by atoms with Crippen molar-refractivity contribution in [2.75, 3.05) is 6.54 Å². The second kappa shape index (κ2) is 12.1. The smallest absolute Gasteiger partial charge is 0.243 e. The highest BCUT2D eigenvalue weighted by atomic mass is 35.5. The molecule has 172 valence electrons. The molecule has 0 heterocycles. The van der Waals surface area contributed by atoms with Crippen LogP contribution in [0.3, 0.4) is 0 Å². The Bertz CT molecular complexity index is 1110. The van der Waals surface area contributed by atoms with Crippen molar-refractivity contribution in [1.82, 2.24) is 10.2 Å². The minimum absolute atomic E-state index is 0.0329. The van der Waals surface area contributed by atoms with Crippen molar-refractivity contribution in [3.63, 3.8) is 0 Å². The van der Waals surface area contributed by atoms with Crippen molar-refractivity contribution in [3.8, 4) is 0 Å². The largest absolute Gasteiger partial charge is 0.355 e. The molecule has 0 saturated carbocycles. The van der Waals surface area contributed by atoms with Crippen LogP contribution in [0.5, 0.6) is 0 Å². The summed E-state index contributed by atoms with van der Waals surface area (Å²) >= 11 is 18.7. The monoisotopic (exact) mass is 502 g/mol. The molecule has 3 rings (SSSR count). The van der Waals surface area contributed by atoms with Gasteiger partial charge in [0.1, 0.15) is 6.04 Å². The third-order valence-corrected chi connectivity index (χ3v) is 6.23. The molecule has 2 amide bonds. The Balaban J connectivity index is 1.98. The van der Waals surface area contributed by atoms with E-state index in [0.717, 1.165) is 11.1 Å². The number of halogens is 3. The Morgan fingerprint density at radius 3 is 2.24 bits per heavy atom. The topological polar surface area (TPSA) is 49.4 Å². The summed E-state index contributed by atoms with van der Waals surface area (Å²) in [7, 11) is 0. The molecule has 0 unspecified atom stereocenters. The van der Waals surface area contributed by atoms with Crippen LogP contribution in [0.25, 0.3) is 0 Å². The van der Waals surface area contributed by atoms with E-state index in [9.17, 15) is 9.59 Å². The average Bonchev–Trinajstić information content (AvgIpc) is 2.80. The molecule has 0 aliphatic rings. The third-order valence-electron chi connectivity index (χ3n) is 5.28. The van der Waals surface area contributed by atoms with Gasteiger partial charge in [-0.15, -0.1) is 0 Å². The van der Waals surface area contributed by atoms with E-state index in [2.05, 4.69) is 5.32 Å². The van der Waals surface area contributed by atoms with Gasteiger partial charge in [-0.1, -0.05) is 89.4 Å². The lowest BCUT2D eigenvalue weighted by atomic mass is 10.0. The fraction of sp³-hybridized carbons (Fsp3) is 0.231. The summed E-state index contributed by atoms with van der Waals surface area (Å²) in [5.74, 6) is -0.449. The second-order valence-electron chi connectivity index (χ2n) is 7.63. The van der Waals surface area contributed by atoms with Crippen molar-refractivity contribution < 1.29 is 9.59 Å². The van der Waals surface area contributed by atoms with Crippen LogP contribution in [0.4, 0.5) is 0 Å². The molecule has 0 aliphatic carbocycles. The molecule has 3 aromatic carbocycles. The number of rotatable bonds is 9. The van der Waals surface area contributed by atoms with Crippen molar-refractivity contribution in [2.45, 2.75) is 32.4 Å². The molecule has 1 N–H and O–H groups in total. The van der Waals surface area contributed by atoms with Crippen molar-refractivity contribution in [3.05, 3.63) is 105 Å². The maximum absolute atomic E-state index is 13.6. The molecular formula is C26H25Cl3N2O2. The van der Waals surface area contributed by atoms with Crippen LogP contribution in [0, 0.1) is 0 Å². The van der Waals surface area contributed by atoms with E-state index in [4.69, 9.17) is 34.8 Å². The van der Waals surface area contributed by atoms with Gasteiger partial charge >= 0.3 is 0 Å². The Morgan fingerprint density at radius 2 is 1.58 bits per heavy atom. The fourth-order valence-corrected chi connectivity index (χ4v) is 4.26. The predicted molar refractivity (Wildman–Crippen MR) is 135 cm³/mol. The van der Waals surface area contributed by atoms with E-state index in [1.807, 2.05) is 55.5 Å². The summed E-state index contributed by atoms with van der Waals surface area (Å²) in [5, 5.41) is 4.31. The minimum Gasteiger partial charge on any atom is -0.355 e. The van der Waals surface area contributed by atoms with Gasteiger partial charge in [0.25, 0.3) is 0 Å². The quantitative estimate of drug-likeness (QED) is 0.391. The molecule has 1 atom stereocenters. The van der Waals surface area contributed by atoms with E-state index in [-0.39, 0.29) is 24.8 Å². The fourth-order valence-electron chi connectivity index (χ4n) is 3.59. The van der Waals surface area contributed by atoms with Gasteiger partial charge in [-0.2, -0.15) is 0 Å². The molecule has 0 spiro atoms. The third kappa shape index (κ3) is 6.97. The van der Waals surface area contributed by atoms with Crippen molar-refractivity contribution in [1.29, 1.82) is 0 Å². The number of hydrogen-bond acceptors (Lipinski definition) is 2. The molecule has 3 aromatic rings. The van der Waals surface area contributed by atoms with E-state index in [1.54, 1.807) is 29.2 Å². The van der Waals surface area contributed by atoms with Gasteiger partial charge in [-0.05, 0) is 41.8 Å². The summed E-state index contributed by atoms with van der Waals surface area (Å²) in [5.41, 5.74) is 2.36. The highest BCUT2D eigenvalue weighted by Gasteiger charge is 2.30. The molecule has 7 heteroatoms. The Morgan fingerprint density at radius 1 is 0.879 bits per heavy atom. The number of amides is 2. The van der Waals surface area contributed by atoms with Gasteiger partial charge in [0, 0.05) is 34.6 Å². The predicted octanol–water partition coefficient (Wildman–Crippen LogP) is 5.97. The molecule has 0 aromatic heterocycles. The van der Waals surface area contributed by atoms with Crippen molar-refractivity contribution >= 4 is 46.6 Å². The molecule has 0 fully saturated rings. The van der Waals surface area contributed by atoms with Gasteiger partial charge in [-0.25, -0.2) is 0 Å². The molecular weight excluding hydrogens is 479 g/mol. The summed E-state index contributed by atoms with van der Waals surface area (Å²) in [6, 6.07) is 21.3. The van der Waals surface area contributed by atoms with Gasteiger partial charge in [0.15, 0.2) is 0 Å². The van der Waals surface area contributed by atoms with Crippen LogP contribution in [0.2, 0.25) is 15.1 Å². The molecule has 4 nitrogen and oxygen atoms in total. The first-order valence-electron chi connectivity index (χ1n) is 10.7. The number of carbonyl (C=O) groups is 2. The average molecular weight is 504 g/mol. The summed E-state index contributed by atoms with van der Waals surface area (Å²) < 4.78 is 0. The van der Waals surface area contributed by atoms with Crippen LogP contribution in [-0.4, -0.2) is 29.3 Å². The van der Waals surface area contributed by atoms with E-state index in [1.165, 1.54) is 0 Å². The van der Waals surface area contributed by atoms with Crippen LogP contribution in [-0.2, 0) is 29.0 Å². The van der Waals surface area contributed by atoms with Crippen LogP contribution >= 0.6 is 34.8 Å². The van der Waals surface area contributed by atoms with E-state index in [0.29, 0.717) is 33.6 Å². The van der Waals surface area contributed by atoms with Gasteiger partial charge < -0.3 is 10.2 Å². The van der Waals surface area contributed by atoms with Gasteiger partial charge in [0.05, 0.1) is 6.42 Å². The minimum atomic E-state index is -0.720. The summed E-state index contributed by atoms with van der Waals surface area (Å²) in [6.45, 7) is 2.50. The highest BCUT2D eigenvalue weighted by molar-refractivity contribution is 6.35. The molecule has 0 bridgehead atoms. The normalized spacial score (nSPS) is 11.6. The zero-order valence-electron chi connectivity index (χ0n) is 18.2. The van der Waals surface area contributed by atoms with Crippen molar-refractivity contribution in [2.24, 2.45) is 0 Å².